The van der Waals surface area contributed by atoms with E-state index in [-0.39, 0.29) is 6.04 Å². The third kappa shape index (κ3) is 3.65. The van der Waals surface area contributed by atoms with Gasteiger partial charge >= 0.3 is 0 Å². The van der Waals surface area contributed by atoms with Gasteiger partial charge in [0.05, 0.1) is 11.4 Å². The molecule has 1 aromatic heterocycles. The lowest BCUT2D eigenvalue weighted by Crippen LogP contribution is -2.45. The van der Waals surface area contributed by atoms with E-state index in [0.717, 1.165) is 32.5 Å². The maximum absolute atomic E-state index is 6.49. The molecular weight excluding hydrogens is 358 g/mol. The first-order valence-electron chi connectivity index (χ1n) is 11.4. The molecule has 0 radical (unpaired) electrons. The van der Waals surface area contributed by atoms with Gasteiger partial charge in [-0.2, -0.15) is 0 Å². The van der Waals surface area contributed by atoms with Gasteiger partial charge in [-0.05, 0) is 51.6 Å². The molecule has 3 aliphatic heterocycles. The molecule has 2 bridgehead atoms. The fourth-order valence-electron chi connectivity index (χ4n) is 6.11. The van der Waals surface area contributed by atoms with Gasteiger partial charge in [-0.1, -0.05) is 30.3 Å². The Labute approximate surface area is 174 Å². The maximum atomic E-state index is 6.49. The summed E-state index contributed by atoms with van der Waals surface area (Å²) >= 11 is 0. The Morgan fingerprint density at radius 1 is 1.10 bits per heavy atom. The minimum absolute atomic E-state index is 0.145. The maximum Gasteiger partial charge on any atom is 0.106 e. The Morgan fingerprint density at radius 3 is 2.55 bits per heavy atom. The number of piperidine rings is 1. The first-order valence-corrected chi connectivity index (χ1v) is 11.4. The van der Waals surface area contributed by atoms with Crippen LogP contribution in [0.4, 0.5) is 0 Å². The zero-order valence-electron chi connectivity index (χ0n) is 17.9. The summed E-state index contributed by atoms with van der Waals surface area (Å²) < 4.78 is 2.61. The normalized spacial score (nSPS) is 28.4. The monoisotopic (exact) mass is 393 g/mol. The van der Waals surface area contributed by atoms with Crippen molar-refractivity contribution < 1.29 is 0 Å². The molecule has 1 aromatic carbocycles. The van der Waals surface area contributed by atoms with Crippen molar-refractivity contribution in [2.45, 2.75) is 76.2 Å². The van der Waals surface area contributed by atoms with Crippen molar-refractivity contribution in [1.82, 2.24) is 19.4 Å². The SMILES string of the molecule is Cc1nc2c(n1C1C[C@H]3CC[C@@H](C1)N3CC[C@H](N)c1ccccc1)CN(C)CC2. The van der Waals surface area contributed by atoms with Crippen molar-refractivity contribution in [3.63, 3.8) is 0 Å². The number of aryl methyl sites for hydroxylation is 1. The molecule has 1 unspecified atom stereocenters. The van der Waals surface area contributed by atoms with Gasteiger partial charge in [0.2, 0.25) is 0 Å². The van der Waals surface area contributed by atoms with Crippen molar-refractivity contribution in [1.29, 1.82) is 0 Å². The predicted molar refractivity (Wildman–Crippen MR) is 117 cm³/mol. The van der Waals surface area contributed by atoms with Crippen molar-refractivity contribution in [2.75, 3.05) is 20.1 Å². The second kappa shape index (κ2) is 7.86. The number of nitrogens with two attached hydrogens (primary N) is 1. The third-order valence-electron chi connectivity index (χ3n) is 7.57. The number of nitrogens with zero attached hydrogens (tertiary/aromatic N) is 4. The average Bonchev–Trinajstić information content (AvgIpc) is 3.17. The summed E-state index contributed by atoms with van der Waals surface area (Å²) in [5.41, 5.74) is 10.6. The van der Waals surface area contributed by atoms with Crippen LogP contribution in [0.1, 0.15) is 67.0 Å². The highest BCUT2D eigenvalue weighted by atomic mass is 15.3. The smallest absolute Gasteiger partial charge is 0.106 e. The van der Waals surface area contributed by atoms with E-state index < -0.39 is 0 Å². The molecule has 156 valence electrons. The van der Waals surface area contributed by atoms with E-state index in [1.165, 1.54) is 48.5 Å². The van der Waals surface area contributed by atoms with Crippen LogP contribution in [0.2, 0.25) is 0 Å². The minimum Gasteiger partial charge on any atom is -0.328 e. The second-order valence-corrected chi connectivity index (χ2v) is 9.46. The summed E-state index contributed by atoms with van der Waals surface area (Å²) in [5.74, 6) is 1.23. The van der Waals surface area contributed by atoms with Gasteiger partial charge in [0.1, 0.15) is 5.82 Å². The van der Waals surface area contributed by atoms with Crippen molar-refractivity contribution in [3.8, 4) is 0 Å². The van der Waals surface area contributed by atoms with Gasteiger partial charge in [0, 0.05) is 50.2 Å². The molecule has 2 saturated heterocycles. The largest absolute Gasteiger partial charge is 0.328 e. The summed E-state index contributed by atoms with van der Waals surface area (Å²) in [6.45, 7) is 5.53. The Balaban J connectivity index is 1.27. The highest BCUT2D eigenvalue weighted by Crippen LogP contribution is 2.42. The molecule has 4 heterocycles. The summed E-state index contributed by atoms with van der Waals surface area (Å²) in [7, 11) is 2.23. The van der Waals surface area contributed by atoms with E-state index >= 15 is 0 Å². The number of fused-ring (bicyclic) bond motifs is 3. The highest BCUT2D eigenvalue weighted by Gasteiger charge is 2.42. The van der Waals surface area contributed by atoms with Crippen LogP contribution in [0.25, 0.3) is 0 Å². The van der Waals surface area contributed by atoms with Crippen LogP contribution < -0.4 is 5.73 Å². The summed E-state index contributed by atoms with van der Waals surface area (Å²) in [6, 6.07) is 12.8. The standard InChI is InChI=1S/C24H35N5/c1-17-26-23-11-12-27(2)16-24(23)29(17)21-14-19-8-9-20(15-21)28(19)13-10-22(25)18-6-4-3-5-7-18/h3-7,19-22H,8-16,25H2,1-2H3/t19-,20+,21?,22-/m0/s1. The van der Waals surface area contributed by atoms with Crippen LogP contribution in [0.15, 0.2) is 30.3 Å². The number of hydrogen-bond acceptors (Lipinski definition) is 4. The summed E-state index contributed by atoms with van der Waals surface area (Å²) in [6.07, 6.45) is 7.37. The number of rotatable bonds is 5. The van der Waals surface area contributed by atoms with Gasteiger partial charge in [-0.15, -0.1) is 0 Å². The van der Waals surface area contributed by atoms with Gasteiger partial charge in [-0.3, -0.25) is 4.90 Å². The molecule has 0 aliphatic carbocycles. The predicted octanol–water partition coefficient (Wildman–Crippen LogP) is 3.44. The lowest BCUT2D eigenvalue weighted by atomic mass is 9.95. The highest BCUT2D eigenvalue weighted by molar-refractivity contribution is 5.22. The zero-order valence-corrected chi connectivity index (χ0v) is 17.9. The Hall–Kier alpha value is -1.69. The van der Waals surface area contributed by atoms with E-state index in [0.29, 0.717) is 18.1 Å². The van der Waals surface area contributed by atoms with Crippen molar-refractivity contribution >= 4 is 0 Å². The van der Waals surface area contributed by atoms with Gasteiger partial charge < -0.3 is 15.2 Å². The number of likely N-dealkylation sites (N-methyl/N-ethyl adjacent to an activating group) is 1. The van der Waals surface area contributed by atoms with Crippen molar-refractivity contribution in [3.05, 3.63) is 53.1 Å². The van der Waals surface area contributed by atoms with Crippen LogP contribution in [0.3, 0.4) is 0 Å². The van der Waals surface area contributed by atoms with Gasteiger partial charge in [0.25, 0.3) is 0 Å². The third-order valence-corrected chi connectivity index (χ3v) is 7.57. The first kappa shape index (κ1) is 19.3. The molecule has 5 heteroatoms. The van der Waals surface area contributed by atoms with E-state index in [2.05, 4.69) is 58.7 Å². The van der Waals surface area contributed by atoms with E-state index in [9.17, 15) is 0 Å². The molecule has 29 heavy (non-hydrogen) atoms. The Kier molecular flexibility index (Phi) is 5.23. The van der Waals surface area contributed by atoms with E-state index in [1.807, 2.05) is 0 Å². The van der Waals surface area contributed by atoms with Gasteiger partial charge in [0.15, 0.2) is 0 Å². The van der Waals surface area contributed by atoms with E-state index in [4.69, 9.17) is 10.7 Å². The van der Waals surface area contributed by atoms with E-state index in [1.54, 1.807) is 0 Å². The molecule has 4 atom stereocenters. The quantitative estimate of drug-likeness (QED) is 0.845. The molecule has 2 aromatic rings. The fraction of sp³-hybridized carbons (Fsp3) is 0.625. The lowest BCUT2D eigenvalue weighted by molar-refractivity contribution is 0.100. The molecule has 5 rings (SSSR count). The van der Waals surface area contributed by atoms with Crippen LogP contribution in [-0.4, -0.2) is 51.6 Å². The average molecular weight is 394 g/mol. The molecule has 0 amide bonds. The first-order chi connectivity index (χ1) is 14.1. The van der Waals surface area contributed by atoms with Crippen LogP contribution in [-0.2, 0) is 13.0 Å². The lowest BCUT2D eigenvalue weighted by Gasteiger charge is -2.41. The fourth-order valence-corrected chi connectivity index (χ4v) is 6.11. The van der Waals surface area contributed by atoms with Crippen LogP contribution in [0.5, 0.6) is 0 Å². The summed E-state index contributed by atoms with van der Waals surface area (Å²) in [4.78, 5) is 10.2. The topological polar surface area (TPSA) is 50.3 Å². The Bertz CT molecular complexity index is 830. The number of benzene rings is 1. The molecule has 2 N–H and O–H groups in total. The Morgan fingerprint density at radius 2 is 1.83 bits per heavy atom. The number of imidazole rings is 1. The van der Waals surface area contributed by atoms with Crippen LogP contribution >= 0.6 is 0 Å². The zero-order chi connectivity index (χ0) is 20.0. The molecule has 2 fully saturated rings. The molecule has 3 aliphatic rings. The summed E-state index contributed by atoms with van der Waals surface area (Å²) in [5, 5.41) is 0. The van der Waals surface area contributed by atoms with Crippen LogP contribution in [0, 0.1) is 6.92 Å². The van der Waals surface area contributed by atoms with Gasteiger partial charge in [-0.25, -0.2) is 4.98 Å². The van der Waals surface area contributed by atoms with Crippen molar-refractivity contribution in [2.24, 2.45) is 5.73 Å². The molecule has 0 saturated carbocycles. The second-order valence-electron chi connectivity index (χ2n) is 9.46. The minimum atomic E-state index is 0.145. The molecule has 0 spiro atoms. The number of hydrogen-bond donors (Lipinski definition) is 1. The molecular formula is C24H35N5. The molecule has 5 nitrogen and oxygen atoms in total. The number of aromatic nitrogens is 2.